The number of likely N-dealkylation sites (N-methyl/N-ethyl adjacent to an activating group) is 4. The van der Waals surface area contributed by atoms with E-state index in [2.05, 4.69) is 16.0 Å². The molecule has 0 radical (unpaired) electrons. The minimum absolute atomic E-state index is 0.0281. The van der Waals surface area contributed by atoms with Gasteiger partial charge in [-0.15, -0.1) is 0 Å². The molecule has 1 aliphatic rings. The molecule has 9 atom stereocenters. The maximum Gasteiger partial charge on any atom is 0.409 e. The zero-order chi connectivity index (χ0) is 57.8. The van der Waals surface area contributed by atoms with Crippen LogP contribution in [-0.4, -0.2) is 170 Å². The molecule has 3 N–H and O–H groups in total. The van der Waals surface area contributed by atoms with Gasteiger partial charge >= 0.3 is 18.0 Å². The number of cyclic esters (lactones) is 2. The summed E-state index contributed by atoms with van der Waals surface area (Å²) in [5.41, 5.74) is 2.06. The molecule has 0 unspecified atom stereocenters. The molecular weight excluding hydrogens is 991 g/mol. The van der Waals surface area contributed by atoms with Crippen molar-refractivity contribution in [3.05, 3.63) is 94.6 Å². The van der Waals surface area contributed by atoms with Gasteiger partial charge < -0.3 is 49.8 Å². The average Bonchev–Trinajstić information content (AvgIpc) is 3.41. The number of hydrogen-bond acceptors (Lipinski definition) is 13. The molecule has 1 aliphatic heterocycles. The van der Waals surface area contributed by atoms with Gasteiger partial charge in [-0.05, 0) is 76.1 Å². The van der Waals surface area contributed by atoms with E-state index >= 15 is 0 Å². The summed E-state index contributed by atoms with van der Waals surface area (Å²) in [4.78, 5) is 141. The molecule has 0 saturated carbocycles. The van der Waals surface area contributed by atoms with E-state index in [1.165, 1.54) is 87.0 Å². The third kappa shape index (κ3) is 19.0. The van der Waals surface area contributed by atoms with Crippen molar-refractivity contribution in [1.29, 1.82) is 0 Å². The normalized spacial score (nSPS) is 24.5. The first kappa shape index (κ1) is 63.9. The van der Waals surface area contributed by atoms with Crippen LogP contribution in [0.25, 0.3) is 0 Å². The molecule has 0 aromatic heterocycles. The largest absolute Gasteiger partial charge is 0.456 e. The Kier molecular flexibility index (Phi) is 25.2. The molecule has 20 heteroatoms. The Morgan fingerprint density at radius 3 is 2.03 bits per heavy atom. The summed E-state index contributed by atoms with van der Waals surface area (Å²) >= 11 is 0. The number of aldehydes is 1. The van der Waals surface area contributed by atoms with Crippen molar-refractivity contribution in [1.82, 2.24) is 35.6 Å². The molecule has 2 aromatic rings. The maximum atomic E-state index is 14.3. The van der Waals surface area contributed by atoms with Gasteiger partial charge in [-0.25, -0.2) is 14.4 Å². The Morgan fingerprint density at radius 2 is 1.44 bits per heavy atom. The van der Waals surface area contributed by atoms with E-state index in [-0.39, 0.29) is 49.8 Å². The number of hydrogen-bond donors (Lipinski definition) is 3. The smallest absolute Gasteiger partial charge is 0.409 e. The lowest BCUT2D eigenvalue weighted by Gasteiger charge is -2.33. The number of carbonyl (C=O) groups is 10. The van der Waals surface area contributed by atoms with Gasteiger partial charge in [-0.1, -0.05) is 95.7 Å². The molecule has 7 amide bonds. The Morgan fingerprint density at radius 1 is 0.831 bits per heavy atom. The summed E-state index contributed by atoms with van der Waals surface area (Å²) in [5.74, 6) is -6.87. The summed E-state index contributed by atoms with van der Waals surface area (Å²) < 4.78 is 18.1. The quantitative estimate of drug-likeness (QED) is 0.105. The molecule has 3 rings (SSSR count). The predicted octanol–water partition coefficient (Wildman–Crippen LogP) is 4.90. The average molecular weight is 1070 g/mol. The minimum atomic E-state index is -1.36. The Balaban J connectivity index is 2.09. The Labute approximate surface area is 453 Å². The second-order valence-corrected chi connectivity index (χ2v) is 20.4. The van der Waals surface area contributed by atoms with Crippen molar-refractivity contribution in [3.8, 4) is 0 Å². The van der Waals surface area contributed by atoms with E-state index in [9.17, 15) is 47.9 Å². The molecule has 0 bridgehead atoms. The fraction of sp³-hybridized carbons (Fsp3) is 0.544. The van der Waals surface area contributed by atoms with Crippen LogP contribution in [0.15, 0.2) is 77.9 Å². The predicted molar refractivity (Wildman–Crippen MR) is 289 cm³/mol. The van der Waals surface area contributed by atoms with Crippen LogP contribution in [-0.2, 0) is 54.2 Å². The monoisotopic (exact) mass is 1070 g/mol. The van der Waals surface area contributed by atoms with Gasteiger partial charge in [0.2, 0.25) is 23.6 Å². The van der Waals surface area contributed by atoms with Gasteiger partial charge in [0.05, 0.1) is 6.54 Å². The molecule has 422 valence electrons. The van der Waals surface area contributed by atoms with E-state index in [4.69, 9.17) is 14.2 Å². The van der Waals surface area contributed by atoms with E-state index in [1.54, 1.807) is 71.2 Å². The second kappa shape index (κ2) is 30.4. The van der Waals surface area contributed by atoms with Gasteiger partial charge in [-0.3, -0.25) is 33.6 Å². The molecule has 0 fully saturated rings. The molecule has 2 aromatic carbocycles. The van der Waals surface area contributed by atoms with Crippen LogP contribution in [0.4, 0.5) is 4.79 Å². The molecule has 0 saturated heterocycles. The van der Waals surface area contributed by atoms with Crippen LogP contribution in [0.1, 0.15) is 115 Å². The number of carbonyl (C=O) groups excluding carboxylic acids is 10. The van der Waals surface area contributed by atoms with Crippen LogP contribution in [0, 0.1) is 17.8 Å². The number of rotatable bonds is 13. The van der Waals surface area contributed by atoms with Crippen LogP contribution >= 0.6 is 0 Å². The zero-order valence-electron chi connectivity index (χ0n) is 47.2. The van der Waals surface area contributed by atoms with Gasteiger partial charge in [0.15, 0.2) is 6.10 Å². The highest BCUT2D eigenvalue weighted by atomic mass is 16.6. The lowest BCUT2D eigenvalue weighted by molar-refractivity contribution is -0.155. The van der Waals surface area contributed by atoms with E-state index in [0.29, 0.717) is 35.0 Å². The second-order valence-electron chi connectivity index (χ2n) is 20.4. The van der Waals surface area contributed by atoms with Gasteiger partial charge in [-0.2, -0.15) is 0 Å². The van der Waals surface area contributed by atoms with Crippen molar-refractivity contribution in [3.63, 3.8) is 0 Å². The number of esters is 2. The number of benzene rings is 2. The first-order chi connectivity index (χ1) is 36.2. The highest BCUT2D eigenvalue weighted by molar-refractivity contribution is 5.97. The van der Waals surface area contributed by atoms with Crippen molar-refractivity contribution in [2.75, 3.05) is 47.8 Å². The molecule has 0 aliphatic carbocycles. The highest BCUT2D eigenvalue weighted by Gasteiger charge is 2.38. The van der Waals surface area contributed by atoms with Crippen LogP contribution < -0.4 is 16.0 Å². The van der Waals surface area contributed by atoms with Gasteiger partial charge in [0, 0.05) is 76.7 Å². The number of allylic oxidation sites excluding steroid dienone is 1. The number of amides is 7. The fourth-order valence-electron chi connectivity index (χ4n) is 8.33. The fourth-order valence-corrected chi connectivity index (χ4v) is 8.33. The minimum Gasteiger partial charge on any atom is -0.456 e. The summed E-state index contributed by atoms with van der Waals surface area (Å²) in [6.07, 6.45) is -0.0214. The van der Waals surface area contributed by atoms with E-state index in [1.807, 2.05) is 20.8 Å². The van der Waals surface area contributed by atoms with Crippen molar-refractivity contribution in [2.24, 2.45) is 17.8 Å². The molecular formula is C57H81N7O13. The standard InChI is InChI=1S/C57H81N7O13/c1-15-35(5)48-51(68)59-40(10)56(73)77-49(36(6)16-2)38(8)45(76-57(74)62(12)29-28-61(11)53(70)43-25-23-42(33-65)24-26-43)27-22-37(7)55(72)75-46(30-34(3)4)50(67)58-39(9)52(69)64(14)44(31-41-20-18-17-19-21-41)54(71)63(13)32-47(66)60-48/h16-26,33-35,38-40,44-46,48-49H,15,27-32H2,1-14H3,(H,58,67)(H,59,68)(H,60,66)/b36-16+,37-22+/t35-,38+,39+,40-,44-,45+,46-,48+,49-/m1/s1. The Bertz CT molecular complexity index is 2460. The van der Waals surface area contributed by atoms with Crippen LogP contribution in [0.5, 0.6) is 0 Å². The van der Waals surface area contributed by atoms with Crippen molar-refractivity contribution < 1.29 is 62.2 Å². The molecule has 77 heavy (non-hydrogen) atoms. The third-order valence-electron chi connectivity index (χ3n) is 13.8. The first-order valence-electron chi connectivity index (χ1n) is 26.1. The molecule has 20 nitrogen and oxygen atoms in total. The number of nitrogens with zero attached hydrogens (tertiary/aromatic N) is 4. The van der Waals surface area contributed by atoms with Crippen LogP contribution in [0.3, 0.4) is 0 Å². The summed E-state index contributed by atoms with van der Waals surface area (Å²) in [6.45, 7) is 16.3. The topological polar surface area (TPSA) is 247 Å². The lowest BCUT2D eigenvalue weighted by Crippen LogP contribution is -2.57. The maximum absolute atomic E-state index is 14.3. The highest BCUT2D eigenvalue weighted by Crippen LogP contribution is 2.27. The van der Waals surface area contributed by atoms with Gasteiger partial charge in [0.25, 0.3) is 11.8 Å². The van der Waals surface area contributed by atoms with Crippen molar-refractivity contribution in [2.45, 2.75) is 137 Å². The summed E-state index contributed by atoms with van der Waals surface area (Å²) in [7, 11) is 5.86. The van der Waals surface area contributed by atoms with Crippen molar-refractivity contribution >= 4 is 59.8 Å². The van der Waals surface area contributed by atoms with E-state index < -0.39 is 108 Å². The molecule has 0 spiro atoms. The number of ether oxygens (including phenoxy) is 3. The Hall–Kier alpha value is -7.38. The SMILES string of the molecule is C/C=C(\C)[C@H]1OC(=O)[C@@H](C)NC(=O)[C@H]([C@H](C)CC)NC(=O)CN(C)C(=O)[C@@H](Cc2ccccc2)N(C)C(=O)[C@H](C)NC(=O)[C@@H](CC(C)C)OC(=O)/C(C)=C/C[C@H](OC(=O)N(C)CCN(C)C(=O)c2ccc(C=O)cc2)[C@@H]1C. The van der Waals surface area contributed by atoms with E-state index in [0.717, 1.165) is 4.90 Å². The molecule has 1 heterocycles. The lowest BCUT2D eigenvalue weighted by atomic mass is 9.90. The number of nitrogens with one attached hydrogen (secondary N) is 3. The summed E-state index contributed by atoms with van der Waals surface area (Å²) in [6, 6.07) is 10.3. The summed E-state index contributed by atoms with van der Waals surface area (Å²) in [5, 5.41) is 8.08. The first-order valence-corrected chi connectivity index (χ1v) is 26.1. The van der Waals surface area contributed by atoms with Gasteiger partial charge in [0.1, 0.15) is 42.7 Å². The zero-order valence-corrected chi connectivity index (χ0v) is 47.2. The van der Waals surface area contributed by atoms with Crippen LogP contribution in [0.2, 0.25) is 0 Å². The third-order valence-corrected chi connectivity index (χ3v) is 13.8.